The number of halogens is 2. The summed E-state index contributed by atoms with van der Waals surface area (Å²) in [6.07, 6.45) is 0. The van der Waals surface area contributed by atoms with Gasteiger partial charge in [-0.25, -0.2) is 9.37 Å². The van der Waals surface area contributed by atoms with Crippen LogP contribution in [0.3, 0.4) is 0 Å². The van der Waals surface area contributed by atoms with Gasteiger partial charge in [-0.1, -0.05) is 18.2 Å². The Bertz CT molecular complexity index is 1500. The highest BCUT2D eigenvalue weighted by Gasteiger charge is 2.13. The Kier molecular flexibility index (Phi) is 7.20. The number of nitrogens with zero attached hydrogens (tertiary/aromatic N) is 1. The standard InChI is InChI=1S/C29H24BrFN2O2S/c1-18-3-12-25-27(13-18)36-29(33-25)21-6-10-23(11-7-21)32-16-20-14-24(30)28(26(15-20)34-2)35-17-19-4-8-22(31)9-5-19/h3-15,32H,16-17H2,1-2H3. The van der Waals surface area contributed by atoms with Gasteiger partial charge in [-0.05, 0) is 100 Å². The number of hydrogen-bond donors (Lipinski definition) is 1. The highest BCUT2D eigenvalue weighted by Crippen LogP contribution is 2.37. The van der Waals surface area contributed by atoms with Gasteiger partial charge in [0.2, 0.25) is 0 Å². The topological polar surface area (TPSA) is 43.4 Å². The van der Waals surface area contributed by atoms with Crippen LogP contribution in [0.15, 0.2) is 83.3 Å². The molecule has 0 aliphatic heterocycles. The molecule has 1 aromatic heterocycles. The number of benzene rings is 4. The lowest BCUT2D eigenvalue weighted by Crippen LogP contribution is -2.03. The van der Waals surface area contributed by atoms with Gasteiger partial charge in [0.05, 0.1) is 21.8 Å². The molecule has 0 saturated carbocycles. The van der Waals surface area contributed by atoms with E-state index in [0.29, 0.717) is 24.7 Å². The molecule has 0 aliphatic carbocycles. The highest BCUT2D eigenvalue weighted by atomic mass is 79.9. The second-order valence-corrected chi connectivity index (χ2v) is 10.3. The highest BCUT2D eigenvalue weighted by molar-refractivity contribution is 9.10. The number of aryl methyl sites for hydroxylation is 1. The van der Waals surface area contributed by atoms with Gasteiger partial charge in [0.1, 0.15) is 17.4 Å². The molecule has 0 saturated heterocycles. The Morgan fingerprint density at radius 3 is 2.47 bits per heavy atom. The van der Waals surface area contributed by atoms with E-state index in [4.69, 9.17) is 14.5 Å². The number of rotatable bonds is 8. The van der Waals surface area contributed by atoms with E-state index in [1.807, 2.05) is 12.1 Å². The Morgan fingerprint density at radius 2 is 1.72 bits per heavy atom. The van der Waals surface area contributed by atoms with Crippen molar-refractivity contribution in [2.45, 2.75) is 20.1 Å². The molecule has 0 aliphatic rings. The lowest BCUT2D eigenvalue weighted by Gasteiger charge is -2.15. The minimum Gasteiger partial charge on any atom is -0.493 e. The maximum absolute atomic E-state index is 13.1. The van der Waals surface area contributed by atoms with Crippen LogP contribution in [0.5, 0.6) is 11.5 Å². The van der Waals surface area contributed by atoms with E-state index < -0.39 is 0 Å². The molecule has 0 atom stereocenters. The lowest BCUT2D eigenvalue weighted by atomic mass is 10.1. The third kappa shape index (κ3) is 5.53. The number of fused-ring (bicyclic) bond motifs is 1. The maximum Gasteiger partial charge on any atom is 0.175 e. The summed E-state index contributed by atoms with van der Waals surface area (Å²) in [6, 6.07) is 24.9. The summed E-state index contributed by atoms with van der Waals surface area (Å²) in [5.41, 5.74) is 6.31. The SMILES string of the molecule is COc1cc(CNc2ccc(-c3nc4ccc(C)cc4s3)cc2)cc(Br)c1OCc1ccc(F)cc1. The van der Waals surface area contributed by atoms with Crippen molar-refractivity contribution in [3.05, 3.63) is 106 Å². The maximum atomic E-state index is 13.1. The molecular weight excluding hydrogens is 539 g/mol. The van der Waals surface area contributed by atoms with Crippen molar-refractivity contribution in [2.75, 3.05) is 12.4 Å². The predicted octanol–water partition coefficient (Wildman–Crippen LogP) is 8.37. The van der Waals surface area contributed by atoms with Crippen LogP contribution in [-0.4, -0.2) is 12.1 Å². The van der Waals surface area contributed by atoms with Gasteiger partial charge >= 0.3 is 0 Å². The van der Waals surface area contributed by atoms with Crippen LogP contribution in [0, 0.1) is 12.7 Å². The zero-order valence-electron chi connectivity index (χ0n) is 19.8. The first-order valence-electron chi connectivity index (χ1n) is 11.4. The fraction of sp³-hybridized carbons (Fsp3) is 0.138. The first kappa shape index (κ1) is 24.3. The molecule has 182 valence electrons. The summed E-state index contributed by atoms with van der Waals surface area (Å²) in [5.74, 6) is 0.974. The van der Waals surface area contributed by atoms with Crippen LogP contribution in [0.2, 0.25) is 0 Å². The van der Waals surface area contributed by atoms with Gasteiger partial charge in [-0.3, -0.25) is 0 Å². The summed E-state index contributed by atoms with van der Waals surface area (Å²) in [4.78, 5) is 4.77. The zero-order valence-corrected chi connectivity index (χ0v) is 22.3. The van der Waals surface area contributed by atoms with Crippen molar-refractivity contribution in [2.24, 2.45) is 0 Å². The number of anilines is 1. The molecule has 0 bridgehead atoms. The summed E-state index contributed by atoms with van der Waals surface area (Å²) < 4.78 is 26.7. The molecule has 0 unspecified atom stereocenters. The predicted molar refractivity (Wildman–Crippen MR) is 149 cm³/mol. The van der Waals surface area contributed by atoms with E-state index in [-0.39, 0.29) is 5.82 Å². The molecule has 1 N–H and O–H groups in total. The fourth-order valence-corrected chi connectivity index (χ4v) is 5.51. The van der Waals surface area contributed by atoms with Gasteiger partial charge < -0.3 is 14.8 Å². The van der Waals surface area contributed by atoms with Gasteiger partial charge in [-0.15, -0.1) is 11.3 Å². The first-order valence-corrected chi connectivity index (χ1v) is 13.0. The van der Waals surface area contributed by atoms with E-state index >= 15 is 0 Å². The number of nitrogens with one attached hydrogen (secondary N) is 1. The van der Waals surface area contributed by atoms with Crippen molar-refractivity contribution in [1.82, 2.24) is 4.98 Å². The van der Waals surface area contributed by atoms with Crippen molar-refractivity contribution in [3.8, 4) is 22.1 Å². The molecule has 4 aromatic carbocycles. The quantitative estimate of drug-likeness (QED) is 0.206. The van der Waals surface area contributed by atoms with E-state index in [0.717, 1.165) is 37.4 Å². The smallest absolute Gasteiger partial charge is 0.175 e. The molecule has 0 amide bonds. The lowest BCUT2D eigenvalue weighted by molar-refractivity contribution is 0.282. The van der Waals surface area contributed by atoms with Crippen LogP contribution in [-0.2, 0) is 13.2 Å². The minimum absolute atomic E-state index is 0.268. The number of hydrogen-bond acceptors (Lipinski definition) is 5. The molecule has 5 aromatic rings. The zero-order chi connectivity index (χ0) is 25.1. The number of methoxy groups -OCH3 is 1. The third-order valence-electron chi connectivity index (χ3n) is 5.76. The first-order chi connectivity index (χ1) is 17.5. The molecule has 1 heterocycles. The van der Waals surface area contributed by atoms with Gasteiger partial charge in [0.25, 0.3) is 0 Å². The van der Waals surface area contributed by atoms with Gasteiger partial charge in [-0.2, -0.15) is 0 Å². The van der Waals surface area contributed by atoms with Crippen molar-refractivity contribution < 1.29 is 13.9 Å². The average Bonchev–Trinajstić information content (AvgIpc) is 3.31. The molecule has 4 nitrogen and oxygen atoms in total. The van der Waals surface area contributed by atoms with Crippen molar-refractivity contribution in [1.29, 1.82) is 0 Å². The Balaban J connectivity index is 1.25. The van der Waals surface area contributed by atoms with E-state index in [2.05, 4.69) is 70.6 Å². The Hall–Kier alpha value is -3.42. The minimum atomic E-state index is -0.268. The van der Waals surface area contributed by atoms with Crippen LogP contribution in [0.25, 0.3) is 20.8 Å². The Labute approximate surface area is 221 Å². The second kappa shape index (κ2) is 10.7. The van der Waals surface area contributed by atoms with Crippen LogP contribution in [0.4, 0.5) is 10.1 Å². The normalized spacial score (nSPS) is 11.0. The molecule has 0 fully saturated rings. The molecule has 36 heavy (non-hydrogen) atoms. The van der Waals surface area contributed by atoms with E-state index in [1.165, 1.54) is 22.4 Å². The largest absolute Gasteiger partial charge is 0.493 e. The molecule has 0 radical (unpaired) electrons. The molecular formula is C29H24BrFN2O2S. The van der Waals surface area contributed by atoms with E-state index in [9.17, 15) is 4.39 Å². The summed E-state index contributed by atoms with van der Waals surface area (Å²) in [7, 11) is 1.62. The summed E-state index contributed by atoms with van der Waals surface area (Å²) in [6.45, 7) is 3.03. The van der Waals surface area contributed by atoms with E-state index in [1.54, 1.807) is 30.6 Å². The van der Waals surface area contributed by atoms with Crippen LogP contribution in [0.1, 0.15) is 16.7 Å². The average molecular weight is 563 g/mol. The van der Waals surface area contributed by atoms with Gasteiger partial charge in [0, 0.05) is 17.8 Å². The summed E-state index contributed by atoms with van der Waals surface area (Å²) >= 11 is 5.32. The van der Waals surface area contributed by atoms with Crippen LogP contribution < -0.4 is 14.8 Å². The number of aromatic nitrogens is 1. The molecule has 0 spiro atoms. The van der Waals surface area contributed by atoms with Crippen LogP contribution >= 0.6 is 27.3 Å². The summed E-state index contributed by atoms with van der Waals surface area (Å²) in [5, 5.41) is 4.49. The number of thiazole rings is 1. The van der Waals surface area contributed by atoms with Crippen molar-refractivity contribution >= 4 is 43.2 Å². The third-order valence-corrected chi connectivity index (χ3v) is 7.41. The molecule has 5 rings (SSSR count). The molecule has 7 heteroatoms. The van der Waals surface area contributed by atoms with Gasteiger partial charge in [0.15, 0.2) is 11.5 Å². The second-order valence-electron chi connectivity index (χ2n) is 8.45. The Morgan fingerprint density at radius 1 is 0.944 bits per heavy atom. The van der Waals surface area contributed by atoms with Crippen molar-refractivity contribution in [3.63, 3.8) is 0 Å². The fourth-order valence-electron chi connectivity index (χ4n) is 3.84. The monoisotopic (exact) mass is 562 g/mol. The number of ether oxygens (including phenoxy) is 2.